The van der Waals surface area contributed by atoms with Crippen molar-refractivity contribution < 1.29 is 8.42 Å². The first-order valence-corrected chi connectivity index (χ1v) is 7.80. The molecule has 2 N–H and O–H groups in total. The molecule has 4 heteroatoms. The molecule has 0 bridgehead atoms. The number of nitrogens with two attached hydrogens (primary N) is 1. The van der Waals surface area contributed by atoms with Gasteiger partial charge in [0.2, 0.25) is 0 Å². The molecule has 0 saturated carbocycles. The van der Waals surface area contributed by atoms with Crippen LogP contribution in [0.4, 0.5) is 0 Å². The Morgan fingerprint density at radius 3 is 2.00 bits per heavy atom. The summed E-state index contributed by atoms with van der Waals surface area (Å²) in [7, 11) is -3.30. The standard InChI is InChI=1S/C15H17NO2S/c16-14(11-13-7-3-1-4-8-13)12-19(17,18)15-9-5-2-6-10-15/h1-10,14H,11-12,16H2. The highest BCUT2D eigenvalue weighted by molar-refractivity contribution is 7.91. The monoisotopic (exact) mass is 275 g/mol. The van der Waals surface area contributed by atoms with Crippen LogP contribution < -0.4 is 5.73 Å². The molecule has 0 heterocycles. The molecule has 2 aromatic carbocycles. The second kappa shape index (κ2) is 5.99. The first-order valence-electron chi connectivity index (χ1n) is 6.15. The molecule has 0 aliphatic rings. The van der Waals surface area contributed by atoms with Gasteiger partial charge in [0.05, 0.1) is 10.6 Å². The van der Waals surface area contributed by atoms with E-state index >= 15 is 0 Å². The minimum absolute atomic E-state index is 0.0358. The van der Waals surface area contributed by atoms with Crippen molar-refractivity contribution in [3.05, 3.63) is 66.2 Å². The lowest BCUT2D eigenvalue weighted by Gasteiger charge is -2.12. The maximum Gasteiger partial charge on any atom is 0.179 e. The van der Waals surface area contributed by atoms with Gasteiger partial charge in [0.15, 0.2) is 9.84 Å². The van der Waals surface area contributed by atoms with Crippen LogP contribution in [0.15, 0.2) is 65.6 Å². The van der Waals surface area contributed by atoms with Crippen molar-refractivity contribution in [3.63, 3.8) is 0 Å². The molecular weight excluding hydrogens is 258 g/mol. The minimum Gasteiger partial charge on any atom is -0.326 e. The van der Waals surface area contributed by atoms with E-state index in [9.17, 15) is 8.42 Å². The molecule has 3 nitrogen and oxygen atoms in total. The maximum absolute atomic E-state index is 12.2. The predicted molar refractivity (Wildman–Crippen MR) is 76.6 cm³/mol. The van der Waals surface area contributed by atoms with Gasteiger partial charge in [-0.05, 0) is 24.1 Å². The van der Waals surface area contributed by atoms with E-state index in [1.54, 1.807) is 30.3 Å². The SMILES string of the molecule is NC(Cc1ccccc1)CS(=O)(=O)c1ccccc1. The molecule has 19 heavy (non-hydrogen) atoms. The van der Waals surface area contributed by atoms with Gasteiger partial charge in [-0.1, -0.05) is 48.5 Å². The second-order valence-electron chi connectivity index (χ2n) is 4.54. The minimum atomic E-state index is -3.30. The number of hydrogen-bond acceptors (Lipinski definition) is 3. The van der Waals surface area contributed by atoms with Crippen molar-refractivity contribution in [1.82, 2.24) is 0 Å². The summed E-state index contributed by atoms with van der Waals surface area (Å²) in [5.74, 6) is -0.0358. The summed E-state index contributed by atoms with van der Waals surface area (Å²) >= 11 is 0. The first kappa shape index (κ1) is 13.8. The molecule has 1 unspecified atom stereocenters. The third-order valence-corrected chi connectivity index (χ3v) is 4.73. The van der Waals surface area contributed by atoms with Crippen molar-refractivity contribution in [1.29, 1.82) is 0 Å². The van der Waals surface area contributed by atoms with Gasteiger partial charge in [-0.15, -0.1) is 0 Å². The quantitative estimate of drug-likeness (QED) is 0.908. The molecule has 0 fully saturated rings. The summed E-state index contributed by atoms with van der Waals surface area (Å²) in [5, 5.41) is 0. The topological polar surface area (TPSA) is 60.2 Å². The number of sulfone groups is 1. The maximum atomic E-state index is 12.2. The van der Waals surface area contributed by atoms with Crippen LogP contribution in [0.1, 0.15) is 5.56 Å². The lowest BCUT2D eigenvalue weighted by molar-refractivity contribution is 0.585. The van der Waals surface area contributed by atoms with E-state index in [1.165, 1.54) is 0 Å². The van der Waals surface area contributed by atoms with Gasteiger partial charge in [0.1, 0.15) is 0 Å². The van der Waals surface area contributed by atoms with Gasteiger partial charge in [-0.3, -0.25) is 0 Å². The molecule has 2 aromatic rings. The molecule has 2 rings (SSSR count). The first-order chi connectivity index (χ1) is 9.08. The number of benzene rings is 2. The van der Waals surface area contributed by atoms with Crippen molar-refractivity contribution in [2.24, 2.45) is 5.73 Å². The fraction of sp³-hybridized carbons (Fsp3) is 0.200. The average Bonchev–Trinajstić information content (AvgIpc) is 2.40. The van der Waals surface area contributed by atoms with Crippen LogP contribution in [0.3, 0.4) is 0 Å². The van der Waals surface area contributed by atoms with E-state index in [0.717, 1.165) is 5.56 Å². The summed E-state index contributed by atoms with van der Waals surface area (Å²) < 4.78 is 24.3. The van der Waals surface area contributed by atoms with Gasteiger partial charge in [0.25, 0.3) is 0 Å². The highest BCUT2D eigenvalue weighted by Crippen LogP contribution is 2.12. The number of hydrogen-bond donors (Lipinski definition) is 1. The summed E-state index contributed by atoms with van der Waals surface area (Å²) in [6.45, 7) is 0. The molecular formula is C15H17NO2S. The van der Waals surface area contributed by atoms with Crippen LogP contribution >= 0.6 is 0 Å². The molecule has 0 radical (unpaired) electrons. The average molecular weight is 275 g/mol. The van der Waals surface area contributed by atoms with Crippen molar-refractivity contribution >= 4 is 9.84 Å². The molecule has 0 amide bonds. The van der Waals surface area contributed by atoms with E-state index < -0.39 is 15.9 Å². The Bertz CT molecular complexity index is 609. The van der Waals surface area contributed by atoms with Crippen LogP contribution in [0.25, 0.3) is 0 Å². The highest BCUT2D eigenvalue weighted by atomic mass is 32.2. The zero-order valence-corrected chi connectivity index (χ0v) is 11.4. The van der Waals surface area contributed by atoms with Gasteiger partial charge in [-0.2, -0.15) is 0 Å². The Labute approximate surface area is 114 Å². The van der Waals surface area contributed by atoms with E-state index in [1.807, 2.05) is 30.3 Å². The Hall–Kier alpha value is -1.65. The molecule has 0 spiro atoms. The lowest BCUT2D eigenvalue weighted by Crippen LogP contribution is -2.31. The van der Waals surface area contributed by atoms with Crippen molar-refractivity contribution in [3.8, 4) is 0 Å². The van der Waals surface area contributed by atoms with Crippen molar-refractivity contribution in [2.75, 3.05) is 5.75 Å². The van der Waals surface area contributed by atoms with E-state index in [-0.39, 0.29) is 5.75 Å². The number of rotatable bonds is 5. The molecule has 0 saturated heterocycles. The van der Waals surface area contributed by atoms with Gasteiger partial charge < -0.3 is 5.73 Å². The van der Waals surface area contributed by atoms with E-state index in [4.69, 9.17) is 5.73 Å². The molecule has 0 aromatic heterocycles. The largest absolute Gasteiger partial charge is 0.326 e. The van der Waals surface area contributed by atoms with Crippen molar-refractivity contribution in [2.45, 2.75) is 17.4 Å². The smallest absolute Gasteiger partial charge is 0.179 e. The molecule has 0 aliphatic heterocycles. The Morgan fingerprint density at radius 1 is 0.895 bits per heavy atom. The zero-order valence-electron chi connectivity index (χ0n) is 10.6. The van der Waals surface area contributed by atoms with Crippen LogP contribution in [0, 0.1) is 0 Å². The lowest BCUT2D eigenvalue weighted by atomic mass is 10.1. The van der Waals surface area contributed by atoms with Crippen LogP contribution in [0.2, 0.25) is 0 Å². The third kappa shape index (κ3) is 3.91. The molecule has 100 valence electrons. The second-order valence-corrected chi connectivity index (χ2v) is 6.58. The predicted octanol–water partition coefficient (Wildman–Crippen LogP) is 2.03. The third-order valence-electron chi connectivity index (χ3n) is 2.88. The Morgan fingerprint density at radius 2 is 1.42 bits per heavy atom. The van der Waals surface area contributed by atoms with Crippen LogP contribution in [-0.4, -0.2) is 20.2 Å². The summed E-state index contributed by atoms with van der Waals surface area (Å²) in [5.41, 5.74) is 7.00. The van der Waals surface area contributed by atoms with E-state index in [2.05, 4.69) is 0 Å². The summed E-state index contributed by atoms with van der Waals surface area (Å²) in [6, 6.07) is 17.7. The fourth-order valence-electron chi connectivity index (χ4n) is 1.98. The highest BCUT2D eigenvalue weighted by Gasteiger charge is 2.18. The van der Waals surface area contributed by atoms with Crippen LogP contribution in [0.5, 0.6) is 0 Å². The summed E-state index contributed by atoms with van der Waals surface area (Å²) in [6.07, 6.45) is 0.562. The van der Waals surface area contributed by atoms with Gasteiger partial charge in [0, 0.05) is 6.04 Å². The fourth-order valence-corrected chi connectivity index (χ4v) is 3.43. The zero-order chi connectivity index (χ0) is 13.7. The Balaban J connectivity index is 2.05. The van der Waals surface area contributed by atoms with Crippen LogP contribution in [-0.2, 0) is 16.3 Å². The summed E-state index contributed by atoms with van der Waals surface area (Å²) in [4.78, 5) is 0.332. The van der Waals surface area contributed by atoms with Gasteiger partial charge >= 0.3 is 0 Å². The molecule has 1 atom stereocenters. The normalized spacial score (nSPS) is 13.1. The molecule has 0 aliphatic carbocycles. The van der Waals surface area contributed by atoms with E-state index in [0.29, 0.717) is 11.3 Å². The Kier molecular flexibility index (Phi) is 4.35. The van der Waals surface area contributed by atoms with Gasteiger partial charge in [-0.25, -0.2) is 8.42 Å².